The van der Waals surface area contributed by atoms with Crippen LogP contribution in [0.4, 0.5) is 10.3 Å². The third-order valence-corrected chi connectivity index (χ3v) is 4.94. The molecule has 0 aliphatic carbocycles. The SMILES string of the molecule is Cc1ccc(-n2ccnc2N2CCN(Cc3ccccc3F)CC2)cc1. The van der Waals surface area contributed by atoms with Gasteiger partial charge in [-0.1, -0.05) is 35.9 Å². The van der Waals surface area contributed by atoms with Gasteiger partial charge in [0.2, 0.25) is 5.95 Å². The number of hydrogen-bond acceptors (Lipinski definition) is 3. The average molecular weight is 350 g/mol. The number of imidazole rings is 1. The number of nitrogens with zero attached hydrogens (tertiary/aromatic N) is 4. The van der Waals surface area contributed by atoms with Crippen LogP contribution < -0.4 is 4.90 Å². The molecule has 1 saturated heterocycles. The number of rotatable bonds is 4. The maximum atomic E-state index is 13.9. The van der Waals surface area contributed by atoms with Crippen molar-refractivity contribution < 1.29 is 4.39 Å². The summed E-state index contributed by atoms with van der Waals surface area (Å²) in [5, 5.41) is 0. The van der Waals surface area contributed by atoms with E-state index in [1.165, 1.54) is 11.6 Å². The van der Waals surface area contributed by atoms with Gasteiger partial charge in [-0.2, -0.15) is 0 Å². The van der Waals surface area contributed by atoms with Crippen molar-refractivity contribution in [3.8, 4) is 5.69 Å². The maximum Gasteiger partial charge on any atom is 0.210 e. The van der Waals surface area contributed by atoms with Gasteiger partial charge in [0.05, 0.1) is 0 Å². The number of hydrogen-bond donors (Lipinski definition) is 0. The monoisotopic (exact) mass is 350 g/mol. The van der Waals surface area contributed by atoms with Crippen molar-refractivity contribution in [1.82, 2.24) is 14.5 Å². The lowest BCUT2D eigenvalue weighted by molar-refractivity contribution is 0.245. The smallest absolute Gasteiger partial charge is 0.210 e. The standard InChI is InChI=1S/C21H23FN4/c1-17-6-8-19(9-7-17)26-11-10-23-21(26)25-14-12-24(13-15-25)16-18-4-2-3-5-20(18)22/h2-11H,12-16H2,1H3. The Morgan fingerprint density at radius 1 is 0.962 bits per heavy atom. The molecule has 0 atom stereocenters. The zero-order valence-corrected chi connectivity index (χ0v) is 15.0. The van der Waals surface area contributed by atoms with E-state index >= 15 is 0 Å². The van der Waals surface area contributed by atoms with E-state index in [0.29, 0.717) is 6.54 Å². The molecule has 1 aromatic heterocycles. The van der Waals surface area contributed by atoms with Gasteiger partial charge in [0.1, 0.15) is 5.82 Å². The largest absolute Gasteiger partial charge is 0.339 e. The fourth-order valence-electron chi connectivity index (χ4n) is 3.41. The van der Waals surface area contributed by atoms with E-state index in [-0.39, 0.29) is 5.82 Å². The minimum Gasteiger partial charge on any atom is -0.339 e. The summed E-state index contributed by atoms with van der Waals surface area (Å²) in [5.41, 5.74) is 3.14. The average Bonchev–Trinajstić information content (AvgIpc) is 3.15. The highest BCUT2D eigenvalue weighted by molar-refractivity contribution is 5.44. The van der Waals surface area contributed by atoms with Gasteiger partial charge >= 0.3 is 0 Å². The van der Waals surface area contributed by atoms with Crippen molar-refractivity contribution >= 4 is 5.95 Å². The molecular weight excluding hydrogens is 327 g/mol. The topological polar surface area (TPSA) is 24.3 Å². The quantitative estimate of drug-likeness (QED) is 0.718. The van der Waals surface area contributed by atoms with E-state index in [1.54, 1.807) is 6.07 Å². The fourth-order valence-corrected chi connectivity index (χ4v) is 3.41. The van der Waals surface area contributed by atoms with Crippen molar-refractivity contribution in [3.05, 3.63) is 77.9 Å². The molecular formula is C21H23FN4. The van der Waals surface area contributed by atoms with E-state index in [2.05, 4.69) is 50.5 Å². The number of aryl methyl sites for hydroxylation is 1. The molecule has 2 heterocycles. The summed E-state index contributed by atoms with van der Waals surface area (Å²) in [4.78, 5) is 9.18. The van der Waals surface area contributed by atoms with E-state index in [1.807, 2.05) is 24.5 Å². The number of piperazine rings is 1. The Morgan fingerprint density at radius 3 is 2.42 bits per heavy atom. The van der Waals surface area contributed by atoms with E-state index < -0.39 is 0 Å². The lowest BCUT2D eigenvalue weighted by Crippen LogP contribution is -2.46. The summed E-state index contributed by atoms with van der Waals surface area (Å²) in [5.74, 6) is 0.851. The first-order valence-corrected chi connectivity index (χ1v) is 9.02. The Morgan fingerprint density at radius 2 is 1.69 bits per heavy atom. The van der Waals surface area contributed by atoms with Crippen LogP contribution in [0.3, 0.4) is 0 Å². The molecule has 26 heavy (non-hydrogen) atoms. The molecule has 0 N–H and O–H groups in total. The summed E-state index contributed by atoms with van der Waals surface area (Å²) in [7, 11) is 0. The number of benzene rings is 2. The van der Waals surface area contributed by atoms with Crippen molar-refractivity contribution in [2.75, 3.05) is 31.1 Å². The van der Waals surface area contributed by atoms with E-state index in [4.69, 9.17) is 0 Å². The molecule has 3 aromatic rings. The molecule has 5 heteroatoms. The van der Waals surface area contributed by atoms with Gasteiger partial charge in [-0.05, 0) is 25.1 Å². The lowest BCUT2D eigenvalue weighted by atomic mass is 10.2. The predicted molar refractivity (Wildman–Crippen MR) is 102 cm³/mol. The molecule has 0 unspecified atom stereocenters. The van der Waals surface area contributed by atoms with Gasteiger partial charge in [-0.15, -0.1) is 0 Å². The Kier molecular flexibility index (Phi) is 4.71. The summed E-state index contributed by atoms with van der Waals surface area (Å²) >= 11 is 0. The molecule has 1 aliphatic heterocycles. The Labute approximate surface area is 153 Å². The van der Waals surface area contributed by atoms with Crippen LogP contribution in [0.5, 0.6) is 0 Å². The van der Waals surface area contributed by atoms with E-state index in [9.17, 15) is 4.39 Å². The molecule has 0 bridgehead atoms. The Balaban J connectivity index is 1.43. The van der Waals surface area contributed by atoms with Gasteiger partial charge in [-0.3, -0.25) is 9.47 Å². The van der Waals surface area contributed by atoms with Crippen molar-refractivity contribution in [2.45, 2.75) is 13.5 Å². The van der Waals surface area contributed by atoms with Gasteiger partial charge < -0.3 is 4.90 Å². The molecule has 134 valence electrons. The molecule has 0 spiro atoms. The second-order valence-electron chi connectivity index (χ2n) is 6.79. The maximum absolute atomic E-state index is 13.9. The summed E-state index contributed by atoms with van der Waals surface area (Å²) in [6.45, 7) is 6.32. The van der Waals surface area contributed by atoms with Crippen LogP contribution in [0, 0.1) is 12.7 Å². The van der Waals surface area contributed by atoms with Crippen LogP contribution in [0.1, 0.15) is 11.1 Å². The molecule has 0 amide bonds. The summed E-state index contributed by atoms with van der Waals surface area (Å²) in [6, 6.07) is 15.5. The van der Waals surface area contributed by atoms with Gasteiger partial charge in [0.25, 0.3) is 0 Å². The molecule has 1 fully saturated rings. The first-order chi connectivity index (χ1) is 12.7. The van der Waals surface area contributed by atoms with Gasteiger partial charge in [0.15, 0.2) is 0 Å². The molecule has 2 aromatic carbocycles. The lowest BCUT2D eigenvalue weighted by Gasteiger charge is -2.35. The fraction of sp³-hybridized carbons (Fsp3) is 0.286. The van der Waals surface area contributed by atoms with Gasteiger partial charge in [0, 0.05) is 56.4 Å². The van der Waals surface area contributed by atoms with Crippen molar-refractivity contribution in [2.24, 2.45) is 0 Å². The van der Waals surface area contributed by atoms with Gasteiger partial charge in [-0.25, -0.2) is 9.37 Å². The summed E-state index contributed by atoms with van der Waals surface area (Å²) < 4.78 is 16.0. The van der Waals surface area contributed by atoms with Crippen LogP contribution in [0.2, 0.25) is 0 Å². The minimum atomic E-state index is -0.121. The first-order valence-electron chi connectivity index (χ1n) is 9.02. The van der Waals surface area contributed by atoms with Crippen LogP contribution >= 0.6 is 0 Å². The first kappa shape index (κ1) is 16.8. The highest BCUT2D eigenvalue weighted by Crippen LogP contribution is 2.21. The molecule has 4 rings (SSSR count). The minimum absolute atomic E-state index is 0.121. The van der Waals surface area contributed by atoms with Crippen LogP contribution in [0.15, 0.2) is 60.9 Å². The van der Waals surface area contributed by atoms with Crippen LogP contribution in [-0.4, -0.2) is 40.6 Å². The summed E-state index contributed by atoms with van der Waals surface area (Å²) in [6.07, 6.45) is 3.85. The Hall–Kier alpha value is -2.66. The predicted octanol–water partition coefficient (Wildman–Crippen LogP) is 3.64. The number of aromatic nitrogens is 2. The van der Waals surface area contributed by atoms with E-state index in [0.717, 1.165) is 43.4 Å². The van der Waals surface area contributed by atoms with Crippen LogP contribution in [-0.2, 0) is 6.54 Å². The highest BCUT2D eigenvalue weighted by Gasteiger charge is 2.21. The number of halogens is 1. The zero-order chi connectivity index (χ0) is 17.9. The second-order valence-corrected chi connectivity index (χ2v) is 6.79. The second kappa shape index (κ2) is 7.30. The third kappa shape index (κ3) is 3.48. The molecule has 4 nitrogen and oxygen atoms in total. The van der Waals surface area contributed by atoms with Crippen molar-refractivity contribution in [3.63, 3.8) is 0 Å². The molecule has 0 radical (unpaired) electrons. The zero-order valence-electron chi connectivity index (χ0n) is 15.0. The third-order valence-electron chi connectivity index (χ3n) is 4.94. The highest BCUT2D eigenvalue weighted by atomic mass is 19.1. The number of anilines is 1. The van der Waals surface area contributed by atoms with Crippen molar-refractivity contribution in [1.29, 1.82) is 0 Å². The molecule has 1 aliphatic rings. The van der Waals surface area contributed by atoms with Crippen LogP contribution in [0.25, 0.3) is 5.69 Å². The Bertz CT molecular complexity index is 864. The normalized spacial score (nSPS) is 15.4. The molecule has 0 saturated carbocycles.